The average molecular weight is 349 g/mol. The predicted octanol–water partition coefficient (Wildman–Crippen LogP) is 3.46. The number of rotatable bonds is 3. The SMILES string of the molecule is CN(C[C@H]1COc2ccccc2O1)C(=O)c1cc2ccccc2cc1O. The van der Waals surface area contributed by atoms with Crippen LogP contribution >= 0.6 is 0 Å². The van der Waals surface area contributed by atoms with Crippen LogP contribution in [-0.2, 0) is 0 Å². The number of carbonyl (C=O) groups is 1. The summed E-state index contributed by atoms with van der Waals surface area (Å²) in [6.07, 6.45) is -0.263. The number of phenols is 1. The maximum absolute atomic E-state index is 12.8. The molecule has 1 N–H and O–H groups in total. The maximum atomic E-state index is 12.8. The Kier molecular flexibility index (Phi) is 4.13. The third-order valence-electron chi connectivity index (χ3n) is 4.49. The summed E-state index contributed by atoms with van der Waals surface area (Å²) in [5.41, 5.74) is 0.281. The lowest BCUT2D eigenvalue weighted by molar-refractivity contribution is 0.0519. The summed E-state index contributed by atoms with van der Waals surface area (Å²) in [6.45, 7) is 0.734. The molecule has 0 saturated heterocycles. The Morgan fingerprint density at radius 3 is 2.50 bits per heavy atom. The highest BCUT2D eigenvalue weighted by molar-refractivity contribution is 6.01. The number of benzene rings is 3. The molecule has 0 fully saturated rings. The molecule has 1 aliphatic rings. The molecule has 1 aliphatic heterocycles. The highest BCUT2D eigenvalue weighted by Crippen LogP contribution is 2.31. The number of nitrogens with zero attached hydrogens (tertiary/aromatic N) is 1. The van der Waals surface area contributed by atoms with E-state index in [0.717, 1.165) is 10.8 Å². The molecule has 5 nitrogen and oxygen atoms in total. The zero-order valence-corrected chi connectivity index (χ0v) is 14.4. The van der Waals surface area contributed by atoms with E-state index in [2.05, 4.69) is 0 Å². The number of hydrogen-bond acceptors (Lipinski definition) is 4. The molecule has 3 aromatic rings. The van der Waals surface area contributed by atoms with Crippen LogP contribution in [0.5, 0.6) is 17.2 Å². The molecular formula is C21H19NO4. The smallest absolute Gasteiger partial charge is 0.257 e. The van der Waals surface area contributed by atoms with Crippen molar-refractivity contribution in [3.8, 4) is 17.2 Å². The number of hydrogen-bond donors (Lipinski definition) is 1. The van der Waals surface area contributed by atoms with Gasteiger partial charge in [0.05, 0.1) is 12.1 Å². The van der Waals surface area contributed by atoms with E-state index in [1.54, 1.807) is 24.1 Å². The van der Waals surface area contributed by atoms with Crippen LogP contribution in [0, 0.1) is 0 Å². The second-order valence-corrected chi connectivity index (χ2v) is 6.40. The number of fused-ring (bicyclic) bond motifs is 2. The fourth-order valence-electron chi connectivity index (χ4n) is 3.15. The van der Waals surface area contributed by atoms with Crippen molar-refractivity contribution in [3.05, 3.63) is 66.2 Å². The van der Waals surface area contributed by atoms with Crippen LogP contribution in [0.4, 0.5) is 0 Å². The number of carbonyl (C=O) groups excluding carboxylic acids is 1. The van der Waals surface area contributed by atoms with Crippen molar-refractivity contribution >= 4 is 16.7 Å². The number of ether oxygens (including phenoxy) is 2. The molecule has 0 spiro atoms. The molecule has 0 aromatic heterocycles. The van der Waals surface area contributed by atoms with Gasteiger partial charge in [0, 0.05) is 7.05 Å². The molecule has 0 bridgehead atoms. The number of aromatic hydroxyl groups is 1. The zero-order valence-electron chi connectivity index (χ0n) is 14.4. The molecule has 0 radical (unpaired) electrons. The second kappa shape index (κ2) is 6.59. The fraction of sp³-hybridized carbons (Fsp3) is 0.190. The van der Waals surface area contributed by atoms with E-state index < -0.39 is 0 Å². The molecule has 26 heavy (non-hydrogen) atoms. The van der Waals surface area contributed by atoms with E-state index >= 15 is 0 Å². The average Bonchev–Trinajstić information content (AvgIpc) is 2.66. The van der Waals surface area contributed by atoms with Crippen molar-refractivity contribution in [2.24, 2.45) is 0 Å². The summed E-state index contributed by atoms with van der Waals surface area (Å²) >= 11 is 0. The summed E-state index contributed by atoms with van der Waals surface area (Å²) in [5.74, 6) is 1.12. The minimum atomic E-state index is -0.263. The van der Waals surface area contributed by atoms with Crippen molar-refractivity contribution < 1.29 is 19.4 Å². The van der Waals surface area contributed by atoms with Gasteiger partial charge in [0.25, 0.3) is 5.91 Å². The minimum absolute atomic E-state index is 0.0216. The molecule has 5 heteroatoms. The molecule has 0 saturated carbocycles. The van der Waals surface area contributed by atoms with E-state index in [4.69, 9.17) is 9.47 Å². The molecule has 1 atom stereocenters. The molecular weight excluding hydrogens is 330 g/mol. The standard InChI is InChI=1S/C21H19NO4/c1-22(12-16-13-25-19-8-4-5-9-20(19)26-16)21(24)17-10-14-6-2-3-7-15(14)11-18(17)23/h2-11,16,23H,12-13H2,1H3/t16-/m0/s1. The van der Waals surface area contributed by atoms with Gasteiger partial charge in [0.1, 0.15) is 12.4 Å². The van der Waals surface area contributed by atoms with Crippen LogP contribution in [0.1, 0.15) is 10.4 Å². The highest BCUT2D eigenvalue weighted by atomic mass is 16.6. The number of likely N-dealkylation sites (N-methyl/N-ethyl adjacent to an activating group) is 1. The van der Waals surface area contributed by atoms with Crippen LogP contribution in [0.25, 0.3) is 10.8 Å². The summed E-state index contributed by atoms with van der Waals surface area (Å²) in [4.78, 5) is 14.3. The highest BCUT2D eigenvalue weighted by Gasteiger charge is 2.25. The van der Waals surface area contributed by atoms with Crippen molar-refractivity contribution in [2.75, 3.05) is 20.2 Å². The van der Waals surface area contributed by atoms with Gasteiger partial charge >= 0.3 is 0 Å². The lowest BCUT2D eigenvalue weighted by Gasteiger charge is -2.29. The first-order chi connectivity index (χ1) is 12.6. The van der Waals surface area contributed by atoms with E-state index in [0.29, 0.717) is 24.7 Å². The van der Waals surface area contributed by atoms with Gasteiger partial charge in [-0.25, -0.2) is 0 Å². The van der Waals surface area contributed by atoms with Crippen molar-refractivity contribution in [1.82, 2.24) is 4.90 Å². The van der Waals surface area contributed by atoms with Gasteiger partial charge in [0.2, 0.25) is 0 Å². The van der Waals surface area contributed by atoms with Crippen LogP contribution in [0.2, 0.25) is 0 Å². The number of phenolic OH excluding ortho intramolecular Hbond substituents is 1. The van der Waals surface area contributed by atoms with Gasteiger partial charge < -0.3 is 19.5 Å². The normalized spacial score (nSPS) is 15.7. The molecule has 132 valence electrons. The van der Waals surface area contributed by atoms with Crippen LogP contribution < -0.4 is 9.47 Å². The third-order valence-corrected chi connectivity index (χ3v) is 4.49. The third kappa shape index (κ3) is 3.04. The van der Waals surface area contributed by atoms with E-state index in [9.17, 15) is 9.90 Å². The first-order valence-corrected chi connectivity index (χ1v) is 8.47. The molecule has 0 unspecified atom stereocenters. The predicted molar refractivity (Wildman–Crippen MR) is 98.9 cm³/mol. The van der Waals surface area contributed by atoms with Gasteiger partial charge in [-0.15, -0.1) is 0 Å². The van der Waals surface area contributed by atoms with E-state index in [-0.39, 0.29) is 23.3 Å². The Hall–Kier alpha value is -3.21. The van der Waals surface area contributed by atoms with E-state index in [1.165, 1.54) is 0 Å². The maximum Gasteiger partial charge on any atom is 0.257 e. The summed E-state index contributed by atoms with van der Waals surface area (Å²) < 4.78 is 11.6. The van der Waals surface area contributed by atoms with E-state index in [1.807, 2.05) is 48.5 Å². The molecule has 1 heterocycles. The summed E-state index contributed by atoms with van der Waals surface area (Å²) in [6, 6.07) is 18.4. The van der Waals surface area contributed by atoms with Crippen LogP contribution in [0.3, 0.4) is 0 Å². The first-order valence-electron chi connectivity index (χ1n) is 8.47. The second-order valence-electron chi connectivity index (χ2n) is 6.40. The fourth-order valence-corrected chi connectivity index (χ4v) is 3.15. The number of amides is 1. The van der Waals surface area contributed by atoms with Gasteiger partial charge in [-0.2, -0.15) is 0 Å². The molecule has 3 aromatic carbocycles. The van der Waals surface area contributed by atoms with Gasteiger partial charge in [-0.05, 0) is 35.0 Å². The Balaban J connectivity index is 1.51. The lowest BCUT2D eigenvalue weighted by Crippen LogP contribution is -2.41. The van der Waals surface area contributed by atoms with Gasteiger partial charge in [-0.1, -0.05) is 36.4 Å². The topological polar surface area (TPSA) is 59.0 Å². The molecule has 1 amide bonds. The number of para-hydroxylation sites is 2. The molecule has 4 rings (SSSR count). The van der Waals surface area contributed by atoms with Crippen molar-refractivity contribution in [1.29, 1.82) is 0 Å². The Morgan fingerprint density at radius 1 is 1.08 bits per heavy atom. The monoisotopic (exact) mass is 349 g/mol. The Labute approximate surface area is 151 Å². The summed E-state index contributed by atoms with van der Waals surface area (Å²) in [7, 11) is 1.70. The zero-order chi connectivity index (χ0) is 18.1. The van der Waals surface area contributed by atoms with Crippen LogP contribution in [-0.4, -0.2) is 42.2 Å². The Bertz CT molecular complexity index is 969. The largest absolute Gasteiger partial charge is 0.507 e. The first kappa shape index (κ1) is 16.3. The quantitative estimate of drug-likeness (QED) is 0.787. The lowest BCUT2D eigenvalue weighted by atomic mass is 10.0. The van der Waals surface area contributed by atoms with Gasteiger partial charge in [-0.3, -0.25) is 4.79 Å². The van der Waals surface area contributed by atoms with Crippen LogP contribution in [0.15, 0.2) is 60.7 Å². The Morgan fingerprint density at radius 2 is 1.73 bits per heavy atom. The van der Waals surface area contributed by atoms with Crippen molar-refractivity contribution in [3.63, 3.8) is 0 Å². The van der Waals surface area contributed by atoms with Crippen molar-refractivity contribution in [2.45, 2.75) is 6.10 Å². The van der Waals surface area contributed by atoms with Gasteiger partial charge in [0.15, 0.2) is 17.6 Å². The summed E-state index contributed by atoms with van der Waals surface area (Å²) in [5, 5.41) is 12.1. The minimum Gasteiger partial charge on any atom is -0.507 e. The molecule has 0 aliphatic carbocycles.